The zero-order chi connectivity index (χ0) is 15.2. The van der Waals surface area contributed by atoms with Gasteiger partial charge in [-0.25, -0.2) is 4.98 Å². The average molecular weight is 409 g/mol. The van der Waals surface area contributed by atoms with Crippen molar-refractivity contribution >= 4 is 56.3 Å². The second-order valence-corrected chi connectivity index (χ2v) is 7.61. The highest BCUT2D eigenvalue weighted by Crippen LogP contribution is 2.26. The summed E-state index contributed by atoms with van der Waals surface area (Å²) in [7, 11) is 0. The van der Waals surface area contributed by atoms with Crippen LogP contribution in [0.5, 0.6) is 5.75 Å². The highest BCUT2D eigenvalue weighted by Gasteiger charge is 2.07. The van der Waals surface area contributed by atoms with Crippen LogP contribution in [-0.2, 0) is 11.2 Å². The fourth-order valence-corrected chi connectivity index (χ4v) is 3.27. The van der Waals surface area contributed by atoms with E-state index in [0.717, 1.165) is 8.79 Å². The van der Waals surface area contributed by atoms with Crippen LogP contribution < -0.4 is 4.74 Å². The van der Waals surface area contributed by atoms with E-state index in [1.807, 2.05) is 0 Å². The first-order valence-electron chi connectivity index (χ1n) is 6.24. The number of ketones is 1. The number of carbonyl (C=O) groups excluding carboxylic acids is 1. The van der Waals surface area contributed by atoms with Gasteiger partial charge in [0.25, 0.3) is 0 Å². The average Bonchev–Trinajstić information content (AvgIpc) is 2.84. The molecule has 2 aromatic rings. The molecule has 0 radical (unpaired) electrons. The summed E-state index contributed by atoms with van der Waals surface area (Å²) in [5.74, 6) is 0.815. The lowest BCUT2D eigenvalue weighted by atomic mass is 10.2. The Hall–Kier alpha value is -0.620. The van der Waals surface area contributed by atoms with Gasteiger partial charge in [0, 0.05) is 12.5 Å². The molecule has 0 unspecified atom stereocenters. The Morgan fingerprint density at radius 3 is 2.81 bits per heavy atom. The van der Waals surface area contributed by atoms with E-state index >= 15 is 0 Å². The van der Waals surface area contributed by atoms with Crippen LogP contribution in [0.1, 0.15) is 17.8 Å². The second kappa shape index (κ2) is 8.13. The van der Waals surface area contributed by atoms with Gasteiger partial charge in [-0.3, -0.25) is 4.79 Å². The van der Waals surface area contributed by atoms with Gasteiger partial charge in [0.15, 0.2) is 0 Å². The number of aromatic nitrogens is 1. The Labute approximate surface area is 145 Å². The molecule has 1 aromatic heterocycles. The molecule has 21 heavy (non-hydrogen) atoms. The first kappa shape index (κ1) is 16.7. The zero-order valence-electron chi connectivity index (χ0n) is 10.9. The smallest absolute Gasteiger partial charge is 0.139 e. The molecule has 0 aliphatic heterocycles. The molecule has 0 fully saturated rings. The first-order chi connectivity index (χ1) is 10.0. The molecule has 0 atom stereocenters. The Balaban J connectivity index is 1.69. The maximum absolute atomic E-state index is 11.8. The summed E-state index contributed by atoms with van der Waals surface area (Å²) in [6.07, 6.45) is 3.22. The lowest BCUT2D eigenvalue weighted by molar-refractivity contribution is -0.118. The van der Waals surface area contributed by atoms with Gasteiger partial charge in [0.05, 0.1) is 33.1 Å². The molecule has 0 spiro atoms. The van der Waals surface area contributed by atoms with E-state index in [1.165, 1.54) is 11.3 Å². The molecule has 0 aliphatic carbocycles. The predicted molar refractivity (Wildman–Crippen MR) is 89.7 cm³/mol. The fraction of sp³-hybridized carbons (Fsp3) is 0.286. The molecule has 0 saturated carbocycles. The van der Waals surface area contributed by atoms with E-state index in [4.69, 9.17) is 27.9 Å². The monoisotopic (exact) mass is 407 g/mol. The summed E-state index contributed by atoms with van der Waals surface area (Å²) in [5, 5.41) is 1.78. The van der Waals surface area contributed by atoms with Gasteiger partial charge in [0.1, 0.15) is 16.5 Å². The fourth-order valence-electron chi connectivity index (χ4n) is 1.65. The molecule has 2 rings (SSSR count). The van der Waals surface area contributed by atoms with Gasteiger partial charge in [0.2, 0.25) is 0 Å². The van der Waals surface area contributed by atoms with Crippen LogP contribution in [0.4, 0.5) is 0 Å². The van der Waals surface area contributed by atoms with Crippen molar-refractivity contribution in [2.75, 3.05) is 6.61 Å². The third kappa shape index (κ3) is 5.58. The minimum Gasteiger partial charge on any atom is -0.494 e. The number of nitrogens with zero attached hydrogens (tertiary/aromatic N) is 1. The Morgan fingerprint density at radius 1 is 1.33 bits per heavy atom. The molecule has 3 nitrogen and oxygen atoms in total. The standard InChI is InChI=1S/C14H12BrCl2NO2S/c15-13-8-18-14(21-13)6-9(19)2-1-5-20-10-3-4-11(16)12(17)7-10/h3-4,7-8H,1-2,5-6H2. The minimum absolute atomic E-state index is 0.162. The van der Waals surface area contributed by atoms with Crippen LogP contribution >= 0.6 is 50.5 Å². The second-order valence-electron chi connectivity index (χ2n) is 4.30. The molecule has 112 valence electrons. The van der Waals surface area contributed by atoms with Crippen molar-refractivity contribution in [1.82, 2.24) is 4.98 Å². The maximum Gasteiger partial charge on any atom is 0.139 e. The number of ether oxygens (including phenoxy) is 1. The summed E-state index contributed by atoms with van der Waals surface area (Å²) >= 11 is 16.5. The van der Waals surface area contributed by atoms with Gasteiger partial charge in [-0.15, -0.1) is 11.3 Å². The van der Waals surface area contributed by atoms with Gasteiger partial charge in [-0.1, -0.05) is 23.2 Å². The van der Waals surface area contributed by atoms with E-state index in [1.54, 1.807) is 24.4 Å². The predicted octanol–water partition coefficient (Wildman–Crippen LogP) is 5.18. The SMILES string of the molecule is O=C(CCCOc1ccc(Cl)c(Cl)c1)Cc1ncc(Br)s1. The number of rotatable bonds is 7. The molecule has 0 aliphatic rings. The van der Waals surface area contributed by atoms with E-state index < -0.39 is 0 Å². The van der Waals surface area contributed by atoms with Gasteiger partial charge in [-0.05, 0) is 34.5 Å². The number of hydrogen-bond acceptors (Lipinski definition) is 4. The summed E-state index contributed by atoms with van der Waals surface area (Å²) < 4.78 is 6.47. The van der Waals surface area contributed by atoms with Crippen molar-refractivity contribution in [3.8, 4) is 5.75 Å². The van der Waals surface area contributed by atoms with Crippen molar-refractivity contribution in [3.63, 3.8) is 0 Å². The maximum atomic E-state index is 11.8. The highest BCUT2D eigenvalue weighted by atomic mass is 79.9. The third-order valence-electron chi connectivity index (χ3n) is 2.63. The van der Waals surface area contributed by atoms with E-state index in [2.05, 4.69) is 20.9 Å². The van der Waals surface area contributed by atoms with Gasteiger partial charge < -0.3 is 4.74 Å². The Bertz CT molecular complexity index is 633. The normalized spacial score (nSPS) is 10.6. The lowest BCUT2D eigenvalue weighted by Gasteiger charge is -2.06. The van der Waals surface area contributed by atoms with Gasteiger partial charge >= 0.3 is 0 Å². The Morgan fingerprint density at radius 2 is 2.14 bits per heavy atom. The van der Waals surface area contributed by atoms with E-state index in [9.17, 15) is 4.79 Å². The molecule has 7 heteroatoms. The number of benzene rings is 1. The van der Waals surface area contributed by atoms with E-state index in [0.29, 0.717) is 41.7 Å². The number of carbonyl (C=O) groups is 1. The number of thiazole rings is 1. The molecular formula is C14H12BrCl2NO2S. The molecule has 0 N–H and O–H groups in total. The number of halogens is 3. The number of hydrogen-bond donors (Lipinski definition) is 0. The van der Waals surface area contributed by atoms with Crippen molar-refractivity contribution < 1.29 is 9.53 Å². The largest absolute Gasteiger partial charge is 0.494 e. The molecular weight excluding hydrogens is 397 g/mol. The van der Waals surface area contributed by atoms with Crippen LogP contribution in [0.25, 0.3) is 0 Å². The third-order valence-corrected chi connectivity index (χ3v) is 4.85. The summed E-state index contributed by atoms with van der Waals surface area (Å²) in [5.41, 5.74) is 0. The quantitative estimate of drug-likeness (QED) is 0.592. The molecule has 1 aromatic carbocycles. The minimum atomic E-state index is 0.162. The summed E-state index contributed by atoms with van der Waals surface area (Å²) in [4.78, 5) is 15.9. The Kier molecular flexibility index (Phi) is 6.48. The summed E-state index contributed by atoms with van der Waals surface area (Å²) in [6.45, 7) is 0.464. The highest BCUT2D eigenvalue weighted by molar-refractivity contribution is 9.11. The lowest BCUT2D eigenvalue weighted by Crippen LogP contribution is -2.05. The molecule has 1 heterocycles. The van der Waals surface area contributed by atoms with Crippen LogP contribution in [0, 0.1) is 0 Å². The summed E-state index contributed by atoms with van der Waals surface area (Å²) in [6, 6.07) is 5.10. The van der Waals surface area contributed by atoms with Crippen LogP contribution in [-0.4, -0.2) is 17.4 Å². The van der Waals surface area contributed by atoms with Crippen molar-refractivity contribution in [2.24, 2.45) is 0 Å². The molecule has 0 bridgehead atoms. The first-order valence-corrected chi connectivity index (χ1v) is 8.61. The zero-order valence-corrected chi connectivity index (χ0v) is 14.9. The van der Waals surface area contributed by atoms with Crippen LogP contribution in [0.3, 0.4) is 0 Å². The van der Waals surface area contributed by atoms with Crippen molar-refractivity contribution in [2.45, 2.75) is 19.3 Å². The molecule has 0 amide bonds. The number of Topliss-reactive ketones (excluding diaryl/α,β-unsaturated/α-hetero) is 1. The molecule has 0 saturated heterocycles. The van der Waals surface area contributed by atoms with Crippen molar-refractivity contribution in [1.29, 1.82) is 0 Å². The van der Waals surface area contributed by atoms with Crippen molar-refractivity contribution in [3.05, 3.63) is 43.2 Å². The van der Waals surface area contributed by atoms with Gasteiger partial charge in [-0.2, -0.15) is 0 Å². The van der Waals surface area contributed by atoms with Crippen LogP contribution in [0.2, 0.25) is 10.0 Å². The van der Waals surface area contributed by atoms with E-state index in [-0.39, 0.29) is 5.78 Å². The topological polar surface area (TPSA) is 39.2 Å². The van der Waals surface area contributed by atoms with Crippen LogP contribution in [0.15, 0.2) is 28.2 Å².